The molecule has 1 aliphatic rings. The third-order valence-corrected chi connectivity index (χ3v) is 4.78. The van der Waals surface area contributed by atoms with Crippen molar-refractivity contribution in [2.24, 2.45) is 5.92 Å². The molecule has 21 heavy (non-hydrogen) atoms. The van der Waals surface area contributed by atoms with E-state index in [0.717, 1.165) is 5.92 Å². The lowest BCUT2D eigenvalue weighted by Gasteiger charge is -2.38. The SMILES string of the molecule is CCC(c1ccc(C)cc1)N(CC1CCCNC1)C(C)C. The van der Waals surface area contributed by atoms with Crippen LogP contribution in [-0.4, -0.2) is 30.6 Å². The minimum Gasteiger partial charge on any atom is -0.316 e. The first kappa shape index (κ1) is 16.5. The van der Waals surface area contributed by atoms with Gasteiger partial charge >= 0.3 is 0 Å². The third kappa shape index (κ3) is 4.55. The fourth-order valence-corrected chi connectivity index (χ4v) is 3.53. The summed E-state index contributed by atoms with van der Waals surface area (Å²) in [5.41, 5.74) is 2.82. The molecule has 0 aliphatic carbocycles. The average Bonchev–Trinajstić information content (AvgIpc) is 2.49. The van der Waals surface area contributed by atoms with Gasteiger partial charge in [-0.2, -0.15) is 0 Å². The zero-order valence-corrected chi connectivity index (χ0v) is 14.2. The second-order valence-electron chi connectivity index (χ2n) is 6.84. The molecule has 1 aliphatic heterocycles. The summed E-state index contributed by atoms with van der Waals surface area (Å²) >= 11 is 0. The Hall–Kier alpha value is -0.860. The van der Waals surface area contributed by atoms with E-state index in [2.05, 4.69) is 62.2 Å². The van der Waals surface area contributed by atoms with Gasteiger partial charge in [-0.25, -0.2) is 0 Å². The molecule has 1 fully saturated rings. The van der Waals surface area contributed by atoms with Crippen molar-refractivity contribution in [2.75, 3.05) is 19.6 Å². The third-order valence-electron chi connectivity index (χ3n) is 4.78. The fraction of sp³-hybridized carbons (Fsp3) is 0.684. The van der Waals surface area contributed by atoms with Crippen molar-refractivity contribution in [2.45, 2.75) is 59.0 Å². The van der Waals surface area contributed by atoms with E-state index in [-0.39, 0.29) is 0 Å². The number of hydrogen-bond acceptors (Lipinski definition) is 2. The van der Waals surface area contributed by atoms with Crippen LogP contribution in [0.4, 0.5) is 0 Å². The molecule has 2 nitrogen and oxygen atoms in total. The highest BCUT2D eigenvalue weighted by Gasteiger charge is 2.25. The highest BCUT2D eigenvalue weighted by atomic mass is 15.2. The van der Waals surface area contributed by atoms with Crippen LogP contribution in [0.5, 0.6) is 0 Å². The van der Waals surface area contributed by atoms with Crippen LogP contribution in [-0.2, 0) is 0 Å². The number of hydrogen-bond donors (Lipinski definition) is 1. The van der Waals surface area contributed by atoms with Crippen molar-refractivity contribution in [1.29, 1.82) is 0 Å². The lowest BCUT2D eigenvalue weighted by atomic mass is 9.94. The molecule has 0 aromatic heterocycles. The predicted molar refractivity (Wildman–Crippen MR) is 91.6 cm³/mol. The second-order valence-corrected chi connectivity index (χ2v) is 6.84. The van der Waals surface area contributed by atoms with Crippen LogP contribution in [0.3, 0.4) is 0 Å². The van der Waals surface area contributed by atoms with E-state index < -0.39 is 0 Å². The molecule has 2 rings (SSSR count). The van der Waals surface area contributed by atoms with Gasteiger partial charge in [0.1, 0.15) is 0 Å². The van der Waals surface area contributed by atoms with Gasteiger partial charge < -0.3 is 5.32 Å². The Morgan fingerprint density at radius 3 is 2.48 bits per heavy atom. The first-order chi connectivity index (χ1) is 10.1. The second kappa shape index (κ2) is 7.95. The van der Waals surface area contributed by atoms with Crippen LogP contribution >= 0.6 is 0 Å². The number of nitrogens with one attached hydrogen (secondary N) is 1. The van der Waals surface area contributed by atoms with Crippen LogP contribution < -0.4 is 5.32 Å². The molecular weight excluding hydrogens is 256 g/mol. The highest BCUT2D eigenvalue weighted by Crippen LogP contribution is 2.28. The minimum absolute atomic E-state index is 0.549. The first-order valence-electron chi connectivity index (χ1n) is 8.64. The molecule has 1 aromatic rings. The zero-order chi connectivity index (χ0) is 15.2. The Bertz CT molecular complexity index is 404. The number of aryl methyl sites for hydroxylation is 1. The Morgan fingerprint density at radius 1 is 1.24 bits per heavy atom. The molecule has 0 spiro atoms. The van der Waals surface area contributed by atoms with Crippen molar-refractivity contribution in [3.05, 3.63) is 35.4 Å². The molecule has 0 saturated carbocycles. The van der Waals surface area contributed by atoms with Gasteiger partial charge in [-0.15, -0.1) is 0 Å². The minimum atomic E-state index is 0.549. The number of piperidine rings is 1. The predicted octanol–water partition coefficient (Wildman–Crippen LogP) is 4.16. The van der Waals surface area contributed by atoms with Crippen molar-refractivity contribution in [3.63, 3.8) is 0 Å². The Labute approximate surface area is 130 Å². The molecule has 0 amide bonds. The van der Waals surface area contributed by atoms with E-state index in [1.54, 1.807) is 0 Å². The normalized spacial score (nSPS) is 21.0. The monoisotopic (exact) mass is 288 g/mol. The zero-order valence-electron chi connectivity index (χ0n) is 14.2. The molecule has 1 heterocycles. The topological polar surface area (TPSA) is 15.3 Å². The van der Waals surface area contributed by atoms with Crippen LogP contribution in [0.2, 0.25) is 0 Å². The van der Waals surface area contributed by atoms with Crippen molar-refractivity contribution < 1.29 is 0 Å². The van der Waals surface area contributed by atoms with Gasteiger partial charge in [0.2, 0.25) is 0 Å². The summed E-state index contributed by atoms with van der Waals surface area (Å²) < 4.78 is 0. The van der Waals surface area contributed by atoms with Crippen molar-refractivity contribution in [1.82, 2.24) is 10.2 Å². The molecule has 2 unspecified atom stereocenters. The lowest BCUT2D eigenvalue weighted by Crippen LogP contribution is -2.42. The summed E-state index contributed by atoms with van der Waals surface area (Å²) in [6.45, 7) is 12.8. The molecule has 118 valence electrons. The quantitative estimate of drug-likeness (QED) is 0.845. The summed E-state index contributed by atoms with van der Waals surface area (Å²) in [4.78, 5) is 2.71. The average molecular weight is 288 g/mol. The van der Waals surface area contributed by atoms with Crippen LogP contribution in [0, 0.1) is 12.8 Å². The van der Waals surface area contributed by atoms with E-state index in [4.69, 9.17) is 0 Å². The molecule has 0 radical (unpaired) electrons. The number of rotatable bonds is 6. The summed E-state index contributed by atoms with van der Waals surface area (Å²) in [5.74, 6) is 0.806. The summed E-state index contributed by atoms with van der Waals surface area (Å²) in [6.07, 6.45) is 3.89. The molecule has 1 N–H and O–H groups in total. The molecule has 2 atom stereocenters. The highest BCUT2D eigenvalue weighted by molar-refractivity contribution is 5.24. The standard InChI is InChI=1S/C19H32N2/c1-5-19(18-10-8-16(4)9-11-18)21(15(2)3)14-17-7-6-12-20-13-17/h8-11,15,17,19-20H,5-7,12-14H2,1-4H3. The fourth-order valence-electron chi connectivity index (χ4n) is 3.53. The first-order valence-corrected chi connectivity index (χ1v) is 8.64. The van der Waals surface area contributed by atoms with Crippen molar-refractivity contribution in [3.8, 4) is 0 Å². The van der Waals surface area contributed by atoms with E-state index in [1.165, 1.54) is 50.0 Å². The van der Waals surface area contributed by atoms with E-state index in [0.29, 0.717) is 12.1 Å². The lowest BCUT2D eigenvalue weighted by molar-refractivity contribution is 0.114. The molecule has 2 heteroatoms. The maximum Gasteiger partial charge on any atom is 0.0348 e. The molecule has 1 aromatic carbocycles. The molecular formula is C19H32N2. The van der Waals surface area contributed by atoms with E-state index in [9.17, 15) is 0 Å². The van der Waals surface area contributed by atoms with E-state index in [1.807, 2.05) is 0 Å². The Kier molecular flexibility index (Phi) is 6.25. The van der Waals surface area contributed by atoms with Gasteiger partial charge in [-0.05, 0) is 64.6 Å². The van der Waals surface area contributed by atoms with Gasteiger partial charge in [0.15, 0.2) is 0 Å². The summed E-state index contributed by atoms with van der Waals surface area (Å²) in [7, 11) is 0. The van der Waals surface area contributed by atoms with Crippen LogP contribution in [0.15, 0.2) is 24.3 Å². The Balaban J connectivity index is 2.11. The van der Waals surface area contributed by atoms with Gasteiger partial charge in [-0.3, -0.25) is 4.90 Å². The van der Waals surface area contributed by atoms with Crippen molar-refractivity contribution >= 4 is 0 Å². The Morgan fingerprint density at radius 2 is 1.95 bits per heavy atom. The smallest absolute Gasteiger partial charge is 0.0348 e. The largest absolute Gasteiger partial charge is 0.316 e. The number of nitrogens with zero attached hydrogens (tertiary/aromatic N) is 1. The molecule has 1 saturated heterocycles. The number of benzene rings is 1. The maximum atomic E-state index is 3.56. The summed E-state index contributed by atoms with van der Waals surface area (Å²) in [5, 5.41) is 3.56. The van der Waals surface area contributed by atoms with Crippen LogP contribution in [0.25, 0.3) is 0 Å². The van der Waals surface area contributed by atoms with Gasteiger partial charge in [0.05, 0.1) is 0 Å². The van der Waals surface area contributed by atoms with Gasteiger partial charge in [-0.1, -0.05) is 36.8 Å². The molecule has 0 bridgehead atoms. The van der Waals surface area contributed by atoms with Crippen LogP contribution in [0.1, 0.15) is 57.2 Å². The van der Waals surface area contributed by atoms with Gasteiger partial charge in [0.25, 0.3) is 0 Å². The van der Waals surface area contributed by atoms with Gasteiger partial charge in [0, 0.05) is 18.6 Å². The van der Waals surface area contributed by atoms with E-state index >= 15 is 0 Å². The summed E-state index contributed by atoms with van der Waals surface area (Å²) in [6, 6.07) is 10.3. The maximum absolute atomic E-state index is 3.56.